The van der Waals surface area contributed by atoms with Crippen LogP contribution in [-0.4, -0.2) is 21.4 Å². The van der Waals surface area contributed by atoms with Crippen LogP contribution >= 0.6 is 11.8 Å². The first-order chi connectivity index (χ1) is 13.7. The summed E-state index contributed by atoms with van der Waals surface area (Å²) in [6.45, 7) is 1.69. The number of rotatable bonds is 5. The second kappa shape index (κ2) is 8.52. The smallest absolute Gasteiger partial charge is 0.344 e. The molecule has 0 spiro atoms. The SMILES string of the molecule is CC(NC(=O)c1cc(=O)[nH]c(-c2ccccc2)n1)c1ccc(SC(F)(F)F)cc1. The van der Waals surface area contributed by atoms with Crippen molar-refractivity contribution in [1.82, 2.24) is 15.3 Å². The molecular weight excluding hydrogens is 403 g/mol. The molecule has 1 aromatic heterocycles. The molecule has 0 aliphatic carbocycles. The minimum atomic E-state index is -4.36. The number of H-pyrrole nitrogens is 1. The Morgan fingerprint density at radius 1 is 1.10 bits per heavy atom. The molecule has 0 bridgehead atoms. The normalized spacial score (nSPS) is 12.4. The number of alkyl halides is 3. The number of nitrogens with zero attached hydrogens (tertiary/aromatic N) is 1. The number of aromatic amines is 1. The van der Waals surface area contributed by atoms with E-state index >= 15 is 0 Å². The third kappa shape index (κ3) is 5.71. The summed E-state index contributed by atoms with van der Waals surface area (Å²) in [5.74, 6) is -0.293. The van der Waals surface area contributed by atoms with Crippen molar-refractivity contribution in [2.24, 2.45) is 0 Å². The summed E-state index contributed by atoms with van der Waals surface area (Å²) in [5, 5.41) is 2.70. The maximum Gasteiger partial charge on any atom is 0.446 e. The van der Waals surface area contributed by atoms with Crippen LogP contribution in [0.25, 0.3) is 11.4 Å². The molecule has 3 rings (SSSR count). The lowest BCUT2D eigenvalue weighted by Gasteiger charge is -2.15. The average Bonchev–Trinajstić information content (AvgIpc) is 2.67. The van der Waals surface area contributed by atoms with Gasteiger partial charge in [0, 0.05) is 16.5 Å². The Labute approximate surface area is 168 Å². The van der Waals surface area contributed by atoms with Gasteiger partial charge in [-0.25, -0.2) is 4.98 Å². The molecule has 9 heteroatoms. The summed E-state index contributed by atoms with van der Waals surface area (Å²) >= 11 is -0.203. The number of carbonyl (C=O) groups excluding carboxylic acids is 1. The standard InChI is InChI=1S/C20H16F3N3O2S/c1-12(13-7-9-15(10-8-13)29-20(21,22)23)24-19(28)16-11-17(27)26-18(25-16)14-5-3-2-4-6-14/h2-12H,1H3,(H,24,28)(H,25,26,27). The predicted molar refractivity (Wildman–Crippen MR) is 105 cm³/mol. The van der Waals surface area contributed by atoms with Crippen molar-refractivity contribution in [2.45, 2.75) is 23.4 Å². The van der Waals surface area contributed by atoms with Gasteiger partial charge in [0.25, 0.3) is 11.5 Å². The van der Waals surface area contributed by atoms with E-state index in [-0.39, 0.29) is 28.2 Å². The minimum Gasteiger partial charge on any atom is -0.344 e. The predicted octanol–water partition coefficient (Wildman–Crippen LogP) is 4.54. The van der Waals surface area contributed by atoms with Gasteiger partial charge >= 0.3 is 5.51 Å². The lowest BCUT2D eigenvalue weighted by Crippen LogP contribution is -2.29. The molecule has 2 N–H and O–H groups in total. The van der Waals surface area contributed by atoms with E-state index in [4.69, 9.17) is 0 Å². The maximum atomic E-state index is 12.5. The van der Waals surface area contributed by atoms with Crippen LogP contribution in [0.4, 0.5) is 13.2 Å². The topological polar surface area (TPSA) is 74.8 Å². The highest BCUT2D eigenvalue weighted by atomic mass is 32.2. The highest BCUT2D eigenvalue weighted by Gasteiger charge is 2.29. The summed E-state index contributed by atoms with van der Waals surface area (Å²) in [6.07, 6.45) is 0. The van der Waals surface area contributed by atoms with Gasteiger partial charge in [0.15, 0.2) is 0 Å². The van der Waals surface area contributed by atoms with E-state index < -0.39 is 23.0 Å². The number of nitrogens with one attached hydrogen (secondary N) is 2. The van der Waals surface area contributed by atoms with Crippen LogP contribution in [0, 0.1) is 0 Å². The molecule has 0 aliphatic rings. The quantitative estimate of drug-likeness (QED) is 0.596. The number of halogens is 3. The summed E-state index contributed by atoms with van der Waals surface area (Å²) in [4.78, 5) is 31.3. The van der Waals surface area contributed by atoms with Gasteiger partial charge in [-0.3, -0.25) is 9.59 Å². The van der Waals surface area contributed by atoms with Crippen LogP contribution in [0.1, 0.15) is 29.0 Å². The monoisotopic (exact) mass is 419 g/mol. The van der Waals surface area contributed by atoms with Crippen molar-refractivity contribution in [1.29, 1.82) is 0 Å². The van der Waals surface area contributed by atoms with Gasteiger partial charge in [0.1, 0.15) is 11.5 Å². The molecule has 150 valence electrons. The second-order valence-electron chi connectivity index (χ2n) is 6.16. The molecule has 0 saturated heterocycles. The zero-order chi connectivity index (χ0) is 21.0. The highest BCUT2D eigenvalue weighted by Crippen LogP contribution is 2.37. The van der Waals surface area contributed by atoms with E-state index in [2.05, 4.69) is 15.3 Å². The van der Waals surface area contributed by atoms with E-state index in [9.17, 15) is 22.8 Å². The van der Waals surface area contributed by atoms with Crippen molar-refractivity contribution < 1.29 is 18.0 Å². The van der Waals surface area contributed by atoms with Crippen LogP contribution in [-0.2, 0) is 0 Å². The van der Waals surface area contributed by atoms with E-state index in [0.29, 0.717) is 11.1 Å². The summed E-state index contributed by atoms with van der Waals surface area (Å²) in [7, 11) is 0. The number of hydrogen-bond donors (Lipinski definition) is 2. The molecule has 0 aliphatic heterocycles. The second-order valence-corrected chi connectivity index (χ2v) is 7.30. The van der Waals surface area contributed by atoms with Crippen LogP contribution < -0.4 is 10.9 Å². The van der Waals surface area contributed by atoms with Crippen molar-refractivity contribution in [3.05, 3.63) is 82.3 Å². The Balaban J connectivity index is 1.74. The number of amides is 1. The molecule has 5 nitrogen and oxygen atoms in total. The van der Waals surface area contributed by atoms with Gasteiger partial charge in [0.05, 0.1) is 6.04 Å². The van der Waals surface area contributed by atoms with E-state index in [0.717, 1.165) is 6.07 Å². The van der Waals surface area contributed by atoms with Gasteiger partial charge in [0.2, 0.25) is 0 Å². The van der Waals surface area contributed by atoms with Gasteiger partial charge < -0.3 is 10.3 Å². The fourth-order valence-electron chi connectivity index (χ4n) is 2.62. The van der Waals surface area contributed by atoms with Gasteiger partial charge in [-0.15, -0.1) is 0 Å². The Morgan fingerprint density at radius 2 is 1.76 bits per heavy atom. The lowest BCUT2D eigenvalue weighted by molar-refractivity contribution is -0.0328. The summed E-state index contributed by atoms with van der Waals surface area (Å²) < 4.78 is 37.3. The fourth-order valence-corrected chi connectivity index (χ4v) is 3.16. The molecule has 1 atom stereocenters. The number of benzene rings is 2. The van der Waals surface area contributed by atoms with Crippen LogP contribution in [0.15, 0.2) is 70.4 Å². The number of carbonyl (C=O) groups is 1. The van der Waals surface area contributed by atoms with Crippen molar-refractivity contribution in [2.75, 3.05) is 0 Å². The molecule has 3 aromatic rings. The zero-order valence-electron chi connectivity index (χ0n) is 15.2. The molecule has 1 heterocycles. The van der Waals surface area contributed by atoms with E-state index in [1.165, 1.54) is 24.3 Å². The first-order valence-corrected chi connectivity index (χ1v) is 9.36. The lowest BCUT2D eigenvalue weighted by atomic mass is 10.1. The molecule has 29 heavy (non-hydrogen) atoms. The Bertz CT molecular complexity index is 1050. The molecule has 0 radical (unpaired) electrons. The van der Waals surface area contributed by atoms with Crippen LogP contribution in [0.2, 0.25) is 0 Å². The molecular formula is C20H16F3N3O2S. The summed E-state index contributed by atoms with van der Waals surface area (Å²) in [6, 6.07) is 15.2. The highest BCUT2D eigenvalue weighted by molar-refractivity contribution is 8.00. The third-order valence-corrected chi connectivity index (χ3v) is 4.72. The van der Waals surface area contributed by atoms with Crippen molar-refractivity contribution in [3.8, 4) is 11.4 Å². The number of aromatic nitrogens is 2. The largest absolute Gasteiger partial charge is 0.446 e. The van der Waals surface area contributed by atoms with E-state index in [1.54, 1.807) is 31.2 Å². The number of hydrogen-bond acceptors (Lipinski definition) is 4. The molecule has 1 unspecified atom stereocenters. The number of thioether (sulfide) groups is 1. The van der Waals surface area contributed by atoms with E-state index in [1.807, 2.05) is 6.07 Å². The minimum absolute atomic E-state index is 0.0521. The Hall–Kier alpha value is -3.07. The Morgan fingerprint density at radius 3 is 2.38 bits per heavy atom. The van der Waals surface area contributed by atoms with Crippen LogP contribution in [0.5, 0.6) is 0 Å². The van der Waals surface area contributed by atoms with Gasteiger partial charge in [-0.2, -0.15) is 13.2 Å². The van der Waals surface area contributed by atoms with Gasteiger partial charge in [-0.1, -0.05) is 42.5 Å². The Kier molecular flexibility index (Phi) is 6.07. The molecule has 0 saturated carbocycles. The molecule has 2 aromatic carbocycles. The zero-order valence-corrected chi connectivity index (χ0v) is 16.0. The first-order valence-electron chi connectivity index (χ1n) is 8.54. The summed E-state index contributed by atoms with van der Waals surface area (Å²) in [5.41, 5.74) is -3.60. The molecule has 1 amide bonds. The molecule has 0 fully saturated rings. The third-order valence-electron chi connectivity index (χ3n) is 3.98. The van der Waals surface area contributed by atoms with Crippen molar-refractivity contribution >= 4 is 17.7 Å². The van der Waals surface area contributed by atoms with Gasteiger partial charge in [-0.05, 0) is 36.4 Å². The van der Waals surface area contributed by atoms with Crippen molar-refractivity contribution in [3.63, 3.8) is 0 Å². The fraction of sp³-hybridized carbons (Fsp3) is 0.150. The van der Waals surface area contributed by atoms with Crippen LogP contribution in [0.3, 0.4) is 0 Å². The maximum absolute atomic E-state index is 12.5. The first kappa shape index (κ1) is 20.7. The average molecular weight is 419 g/mol.